The molecule has 132 valence electrons. The molecule has 1 N–H and O–H groups in total. The first-order chi connectivity index (χ1) is 11.6. The van der Waals surface area contributed by atoms with Crippen LogP contribution in [0.1, 0.15) is 19.3 Å². The van der Waals surface area contributed by atoms with E-state index >= 15 is 0 Å². The molecule has 2 heterocycles. The van der Waals surface area contributed by atoms with E-state index in [9.17, 15) is 13.6 Å². The minimum Gasteiger partial charge on any atom is -0.376 e. The highest BCUT2D eigenvalue weighted by atomic mass is 19.1. The summed E-state index contributed by atoms with van der Waals surface area (Å²) in [5, 5.41) is 2.89. The standard InChI is InChI=1S/C17H22F2N2O3/c18-12-3-4-16(15(19)8-12)21-6-5-13(9-21)20-17(22)11-23-10-14-2-1-7-24-14/h3-4,8,13-14H,1-2,5-7,9-11H2,(H,20,22)/t13-,14+/m0/s1. The van der Waals surface area contributed by atoms with Crippen molar-refractivity contribution in [3.05, 3.63) is 29.8 Å². The lowest BCUT2D eigenvalue weighted by Gasteiger charge is -2.19. The van der Waals surface area contributed by atoms with Gasteiger partial charge < -0.3 is 19.7 Å². The predicted octanol–water partition coefficient (Wildman–Crippen LogP) is 1.86. The van der Waals surface area contributed by atoms with Crippen molar-refractivity contribution in [1.29, 1.82) is 0 Å². The first-order valence-electron chi connectivity index (χ1n) is 8.30. The van der Waals surface area contributed by atoms with E-state index in [1.807, 2.05) is 4.90 Å². The Balaban J connectivity index is 1.41. The van der Waals surface area contributed by atoms with Gasteiger partial charge in [-0.3, -0.25) is 4.79 Å². The second kappa shape index (κ2) is 7.90. The first-order valence-corrected chi connectivity index (χ1v) is 8.30. The topological polar surface area (TPSA) is 50.8 Å². The summed E-state index contributed by atoms with van der Waals surface area (Å²) in [4.78, 5) is 13.7. The number of hydrogen-bond donors (Lipinski definition) is 1. The molecule has 3 rings (SSSR count). The molecule has 0 saturated carbocycles. The molecule has 0 radical (unpaired) electrons. The maximum absolute atomic E-state index is 13.8. The van der Waals surface area contributed by atoms with Crippen LogP contribution >= 0.6 is 0 Å². The molecule has 2 atom stereocenters. The minimum absolute atomic E-state index is 0.00126. The number of hydrogen-bond acceptors (Lipinski definition) is 4. The van der Waals surface area contributed by atoms with Crippen molar-refractivity contribution in [2.45, 2.75) is 31.4 Å². The Hall–Kier alpha value is -1.73. The quantitative estimate of drug-likeness (QED) is 0.859. The molecule has 5 nitrogen and oxygen atoms in total. The molecule has 0 aromatic heterocycles. The third kappa shape index (κ3) is 4.42. The Bertz CT molecular complexity index is 579. The van der Waals surface area contributed by atoms with Gasteiger partial charge in [0.15, 0.2) is 0 Å². The molecular weight excluding hydrogens is 318 g/mol. The lowest BCUT2D eigenvalue weighted by atomic mass is 10.2. The number of amides is 1. The highest BCUT2D eigenvalue weighted by molar-refractivity contribution is 5.77. The molecule has 2 saturated heterocycles. The number of nitrogens with one attached hydrogen (secondary N) is 1. The molecule has 0 bridgehead atoms. The molecule has 1 amide bonds. The van der Waals surface area contributed by atoms with Gasteiger partial charge in [-0.05, 0) is 31.4 Å². The maximum Gasteiger partial charge on any atom is 0.246 e. The number of benzene rings is 1. The summed E-state index contributed by atoms with van der Waals surface area (Å²) in [6.45, 7) is 2.31. The Morgan fingerprint density at radius 3 is 3.00 bits per heavy atom. The fraction of sp³-hybridized carbons (Fsp3) is 0.588. The van der Waals surface area contributed by atoms with E-state index in [0.29, 0.717) is 31.8 Å². The van der Waals surface area contributed by atoms with Crippen molar-refractivity contribution in [2.24, 2.45) is 0 Å². The smallest absolute Gasteiger partial charge is 0.246 e. The van der Waals surface area contributed by atoms with Gasteiger partial charge in [0.2, 0.25) is 5.91 Å². The van der Waals surface area contributed by atoms with Crippen molar-refractivity contribution in [1.82, 2.24) is 5.32 Å². The highest BCUT2D eigenvalue weighted by Gasteiger charge is 2.26. The second-order valence-corrected chi connectivity index (χ2v) is 6.25. The molecule has 2 aliphatic heterocycles. The molecule has 2 aliphatic rings. The van der Waals surface area contributed by atoms with Gasteiger partial charge in [-0.25, -0.2) is 8.78 Å². The van der Waals surface area contributed by atoms with Crippen LogP contribution in [0, 0.1) is 11.6 Å². The lowest BCUT2D eigenvalue weighted by molar-refractivity contribution is -0.127. The highest BCUT2D eigenvalue weighted by Crippen LogP contribution is 2.24. The zero-order valence-electron chi connectivity index (χ0n) is 13.5. The van der Waals surface area contributed by atoms with Crippen LogP contribution < -0.4 is 10.2 Å². The first kappa shape index (κ1) is 17.1. The number of anilines is 1. The van der Waals surface area contributed by atoms with E-state index in [2.05, 4.69) is 5.32 Å². The monoisotopic (exact) mass is 340 g/mol. The molecule has 7 heteroatoms. The van der Waals surface area contributed by atoms with Crippen LogP contribution in [-0.2, 0) is 14.3 Å². The fourth-order valence-electron chi connectivity index (χ4n) is 3.16. The number of nitrogens with zero attached hydrogens (tertiary/aromatic N) is 1. The SMILES string of the molecule is O=C(COC[C@H]1CCCO1)N[C@H]1CCN(c2ccc(F)cc2F)C1. The van der Waals surface area contributed by atoms with Crippen LogP contribution in [-0.4, -0.2) is 51.0 Å². The van der Waals surface area contributed by atoms with Gasteiger partial charge in [0.1, 0.15) is 18.2 Å². The van der Waals surface area contributed by atoms with Gasteiger partial charge in [-0.2, -0.15) is 0 Å². The Morgan fingerprint density at radius 1 is 1.38 bits per heavy atom. The predicted molar refractivity (Wildman–Crippen MR) is 84.9 cm³/mol. The van der Waals surface area contributed by atoms with Gasteiger partial charge in [-0.1, -0.05) is 0 Å². The summed E-state index contributed by atoms with van der Waals surface area (Å²) < 4.78 is 37.6. The number of rotatable bonds is 6. The van der Waals surface area contributed by atoms with E-state index in [-0.39, 0.29) is 24.7 Å². The van der Waals surface area contributed by atoms with Crippen molar-refractivity contribution in [2.75, 3.05) is 37.8 Å². The molecule has 2 fully saturated rings. The van der Waals surface area contributed by atoms with Crippen LogP contribution in [0.15, 0.2) is 18.2 Å². The molecular formula is C17H22F2N2O3. The molecule has 1 aromatic rings. The third-order valence-corrected chi connectivity index (χ3v) is 4.36. The molecule has 0 unspecified atom stereocenters. The van der Waals surface area contributed by atoms with Crippen LogP contribution in [0.2, 0.25) is 0 Å². The summed E-state index contributed by atoms with van der Waals surface area (Å²) in [7, 11) is 0. The van der Waals surface area contributed by atoms with Crippen LogP contribution in [0.3, 0.4) is 0 Å². The third-order valence-electron chi connectivity index (χ3n) is 4.36. The average molecular weight is 340 g/mol. The van der Waals surface area contributed by atoms with Gasteiger partial charge in [0, 0.05) is 31.8 Å². The lowest BCUT2D eigenvalue weighted by Crippen LogP contribution is -2.39. The van der Waals surface area contributed by atoms with Gasteiger partial charge >= 0.3 is 0 Å². The fourth-order valence-corrected chi connectivity index (χ4v) is 3.16. The zero-order chi connectivity index (χ0) is 16.9. The summed E-state index contributed by atoms with van der Waals surface area (Å²) in [6.07, 6.45) is 2.83. The summed E-state index contributed by atoms with van der Waals surface area (Å²) in [5.74, 6) is -1.36. The van der Waals surface area contributed by atoms with E-state index in [1.54, 1.807) is 0 Å². The average Bonchev–Trinajstić information content (AvgIpc) is 3.19. The normalized spacial score (nSPS) is 23.7. The zero-order valence-corrected chi connectivity index (χ0v) is 13.5. The van der Waals surface area contributed by atoms with E-state index in [0.717, 1.165) is 25.5 Å². The van der Waals surface area contributed by atoms with E-state index in [1.165, 1.54) is 12.1 Å². The summed E-state index contributed by atoms with van der Waals surface area (Å²) >= 11 is 0. The van der Waals surface area contributed by atoms with Crippen molar-refractivity contribution >= 4 is 11.6 Å². The van der Waals surface area contributed by atoms with Gasteiger partial charge in [0.25, 0.3) is 0 Å². The molecule has 0 spiro atoms. The largest absolute Gasteiger partial charge is 0.376 e. The minimum atomic E-state index is -0.594. The second-order valence-electron chi connectivity index (χ2n) is 6.25. The molecule has 0 aliphatic carbocycles. The van der Waals surface area contributed by atoms with Crippen molar-refractivity contribution in [3.63, 3.8) is 0 Å². The van der Waals surface area contributed by atoms with Crippen LogP contribution in [0.4, 0.5) is 14.5 Å². The van der Waals surface area contributed by atoms with Gasteiger partial charge in [-0.15, -0.1) is 0 Å². The van der Waals surface area contributed by atoms with Crippen LogP contribution in [0.5, 0.6) is 0 Å². The summed E-state index contributed by atoms with van der Waals surface area (Å²) in [5.41, 5.74) is 0.364. The summed E-state index contributed by atoms with van der Waals surface area (Å²) in [6, 6.07) is 3.48. The number of carbonyl (C=O) groups excluding carboxylic acids is 1. The van der Waals surface area contributed by atoms with E-state index in [4.69, 9.17) is 9.47 Å². The van der Waals surface area contributed by atoms with Gasteiger partial charge in [0.05, 0.1) is 18.4 Å². The molecule has 1 aromatic carbocycles. The number of halogens is 2. The Labute approximate surface area is 139 Å². The van der Waals surface area contributed by atoms with Crippen molar-refractivity contribution in [3.8, 4) is 0 Å². The number of ether oxygens (including phenoxy) is 2. The Kier molecular flexibility index (Phi) is 5.63. The molecule has 24 heavy (non-hydrogen) atoms. The van der Waals surface area contributed by atoms with E-state index < -0.39 is 11.6 Å². The van der Waals surface area contributed by atoms with Crippen molar-refractivity contribution < 1.29 is 23.0 Å². The maximum atomic E-state index is 13.8. The van der Waals surface area contributed by atoms with Crippen LogP contribution in [0.25, 0.3) is 0 Å². The Morgan fingerprint density at radius 2 is 2.25 bits per heavy atom. The number of carbonyl (C=O) groups is 1.